The third kappa shape index (κ3) is 5.47. The highest BCUT2D eigenvalue weighted by atomic mass is 127. The van der Waals surface area contributed by atoms with Gasteiger partial charge in [0.15, 0.2) is 0 Å². The first-order valence-corrected chi connectivity index (χ1v) is 18.3. The second kappa shape index (κ2) is 12.7. The molecule has 4 aliphatic rings. The number of amides is 4. The highest BCUT2D eigenvalue weighted by Crippen LogP contribution is 2.59. The van der Waals surface area contributed by atoms with Crippen molar-refractivity contribution in [3.8, 4) is 11.5 Å². The number of ether oxygens (including phenoxy) is 1. The van der Waals surface area contributed by atoms with Crippen molar-refractivity contribution in [1.82, 2.24) is 0 Å². The van der Waals surface area contributed by atoms with Gasteiger partial charge in [-0.1, -0.05) is 48.0 Å². The number of allylic oxidation sites excluding steroid dienone is 2. The largest absolute Gasteiger partial charge is 0.508 e. The Morgan fingerprint density at radius 3 is 1.88 bits per heavy atom. The topological polar surface area (TPSA) is 104 Å². The lowest BCUT2D eigenvalue weighted by atomic mass is 9.57. The van der Waals surface area contributed by atoms with Gasteiger partial charge < -0.3 is 9.84 Å². The molecule has 4 aromatic carbocycles. The Hall–Kier alpha value is -4.04. The van der Waals surface area contributed by atoms with Gasteiger partial charge in [0.05, 0.1) is 35.0 Å². The van der Waals surface area contributed by atoms with E-state index < -0.39 is 35.5 Å². The summed E-state index contributed by atoms with van der Waals surface area (Å²) >= 11 is 4.36. The molecule has 2 aliphatic heterocycles. The SMILES string of the molecule is O=C1[C@H]2[C@H](CC=C3[C@H]2C[C@H]2C(=O)N(c4ccc(I)cc4)C(=O)[C@H]2[C@H]3c2ccc(OCc3ccccc3)cc2O)C(=O)N1c1ccc(I)cc1. The lowest BCUT2D eigenvalue weighted by molar-refractivity contribution is -0.126. The Morgan fingerprint density at radius 2 is 1.27 bits per heavy atom. The number of nitrogens with zero attached hydrogens (tertiary/aromatic N) is 2. The second-order valence-corrected chi connectivity index (χ2v) is 15.5. The quantitative estimate of drug-likeness (QED) is 0.125. The van der Waals surface area contributed by atoms with Crippen molar-refractivity contribution in [3.63, 3.8) is 0 Å². The van der Waals surface area contributed by atoms with Crippen molar-refractivity contribution in [2.75, 3.05) is 9.80 Å². The normalized spacial score (nSPS) is 26.0. The summed E-state index contributed by atoms with van der Waals surface area (Å²) in [5.41, 5.74) is 3.31. The van der Waals surface area contributed by atoms with Gasteiger partial charge in [-0.15, -0.1) is 0 Å². The van der Waals surface area contributed by atoms with E-state index in [0.29, 0.717) is 35.7 Å². The van der Waals surface area contributed by atoms with Gasteiger partial charge in [0.1, 0.15) is 18.1 Å². The van der Waals surface area contributed by atoms with Gasteiger partial charge in [-0.3, -0.25) is 29.0 Å². The lowest BCUT2D eigenvalue weighted by Crippen LogP contribution is -2.43. The van der Waals surface area contributed by atoms with Crippen molar-refractivity contribution in [3.05, 3.63) is 127 Å². The van der Waals surface area contributed by atoms with E-state index in [1.54, 1.807) is 42.5 Å². The fourth-order valence-electron chi connectivity index (χ4n) is 8.24. The van der Waals surface area contributed by atoms with Gasteiger partial charge in [-0.25, -0.2) is 0 Å². The molecule has 0 spiro atoms. The molecule has 4 aromatic rings. The zero-order chi connectivity index (χ0) is 34.0. The summed E-state index contributed by atoms with van der Waals surface area (Å²) in [7, 11) is 0. The maximum absolute atomic E-state index is 14.4. The predicted molar refractivity (Wildman–Crippen MR) is 200 cm³/mol. The molecule has 0 bridgehead atoms. The second-order valence-electron chi connectivity index (χ2n) is 13.0. The first-order chi connectivity index (χ1) is 23.7. The third-order valence-corrected chi connectivity index (χ3v) is 11.8. The molecule has 1 saturated carbocycles. The smallest absolute Gasteiger partial charge is 0.238 e. The van der Waals surface area contributed by atoms with Gasteiger partial charge in [0.2, 0.25) is 23.6 Å². The van der Waals surface area contributed by atoms with E-state index in [9.17, 15) is 24.3 Å². The van der Waals surface area contributed by atoms with Crippen LogP contribution < -0.4 is 14.5 Å². The number of rotatable bonds is 6. The number of hydrogen-bond acceptors (Lipinski definition) is 6. The number of phenolic OH excluding ortho intramolecular Hbond substituents is 1. The third-order valence-electron chi connectivity index (χ3n) is 10.4. The summed E-state index contributed by atoms with van der Waals surface area (Å²) in [6.45, 7) is 0.315. The van der Waals surface area contributed by atoms with Gasteiger partial charge in [-0.2, -0.15) is 0 Å². The number of hydrogen-bond donors (Lipinski definition) is 1. The van der Waals surface area contributed by atoms with E-state index in [-0.39, 0.29) is 35.8 Å². The van der Waals surface area contributed by atoms with Gasteiger partial charge in [0.25, 0.3) is 0 Å². The number of phenols is 1. The van der Waals surface area contributed by atoms with Crippen LogP contribution in [0.5, 0.6) is 11.5 Å². The fraction of sp³-hybridized carbons (Fsp3) is 0.231. The predicted octanol–water partition coefficient (Wildman–Crippen LogP) is 7.23. The van der Waals surface area contributed by atoms with Crippen LogP contribution in [0.3, 0.4) is 0 Å². The standard InChI is InChI=1S/C39H30I2N2O6/c40-22-6-10-24(11-7-22)42-36(45)29-17-16-27-30(34(29)38(42)47)19-31-35(39(48)43(37(31)46)25-12-8-23(41)9-13-25)33(27)28-15-14-26(18-32(28)44)49-20-21-4-2-1-3-5-21/h1-16,18,29-31,33-35,44H,17,19-20H2/t29-,30+,31+,33+,34-,35+/m0/s1. The molecule has 2 saturated heterocycles. The van der Waals surface area contributed by atoms with Crippen LogP contribution in [0, 0.1) is 36.7 Å². The summed E-state index contributed by atoms with van der Waals surface area (Å²) in [6.07, 6.45) is 2.58. The number of carbonyl (C=O) groups excluding carboxylic acids is 4. The summed E-state index contributed by atoms with van der Waals surface area (Å²) < 4.78 is 7.94. The maximum Gasteiger partial charge on any atom is 0.238 e. The van der Waals surface area contributed by atoms with Crippen molar-refractivity contribution in [1.29, 1.82) is 0 Å². The Balaban J connectivity index is 1.19. The van der Waals surface area contributed by atoms with E-state index >= 15 is 0 Å². The summed E-state index contributed by atoms with van der Waals surface area (Å²) in [5.74, 6) is -4.69. The van der Waals surface area contributed by atoms with Crippen LogP contribution in [0.4, 0.5) is 11.4 Å². The first kappa shape index (κ1) is 32.2. The molecule has 8 nitrogen and oxygen atoms in total. The zero-order valence-electron chi connectivity index (χ0n) is 26.0. The van der Waals surface area contributed by atoms with Crippen LogP contribution in [0.25, 0.3) is 0 Å². The van der Waals surface area contributed by atoms with Crippen molar-refractivity contribution in [2.45, 2.75) is 25.4 Å². The van der Waals surface area contributed by atoms with Crippen molar-refractivity contribution in [2.24, 2.45) is 29.6 Å². The number of anilines is 2. The minimum absolute atomic E-state index is 0.0553. The van der Waals surface area contributed by atoms with Crippen LogP contribution in [0.1, 0.15) is 29.9 Å². The van der Waals surface area contributed by atoms with E-state index in [2.05, 4.69) is 45.2 Å². The number of halogens is 2. The van der Waals surface area contributed by atoms with Gasteiger partial charge in [-0.05, 0) is 124 Å². The van der Waals surface area contributed by atoms with E-state index in [0.717, 1.165) is 18.3 Å². The molecule has 8 rings (SSSR count). The highest BCUT2D eigenvalue weighted by Gasteiger charge is 2.62. The molecule has 0 radical (unpaired) electrons. The molecule has 4 amide bonds. The van der Waals surface area contributed by atoms with Crippen LogP contribution in [0.15, 0.2) is 109 Å². The molecule has 3 fully saturated rings. The number of aromatic hydroxyl groups is 1. The zero-order valence-corrected chi connectivity index (χ0v) is 30.4. The van der Waals surface area contributed by atoms with Crippen molar-refractivity contribution < 1.29 is 29.0 Å². The summed E-state index contributed by atoms with van der Waals surface area (Å²) in [5, 5.41) is 11.6. The molecule has 2 heterocycles. The molecule has 10 heteroatoms. The summed E-state index contributed by atoms with van der Waals surface area (Å²) in [6, 6.07) is 29.3. The Bertz CT molecular complexity index is 2030. The minimum Gasteiger partial charge on any atom is -0.508 e. The fourth-order valence-corrected chi connectivity index (χ4v) is 8.96. The Kier molecular flexibility index (Phi) is 8.33. The Morgan fingerprint density at radius 1 is 0.673 bits per heavy atom. The first-order valence-electron chi connectivity index (χ1n) is 16.2. The van der Waals surface area contributed by atoms with Crippen LogP contribution in [0.2, 0.25) is 0 Å². The summed E-state index contributed by atoms with van der Waals surface area (Å²) in [4.78, 5) is 59.2. The molecule has 246 valence electrons. The molecule has 0 unspecified atom stereocenters. The average molecular weight is 876 g/mol. The molecular weight excluding hydrogens is 846 g/mol. The molecule has 0 aromatic heterocycles. The maximum atomic E-state index is 14.4. The van der Waals surface area contributed by atoms with Gasteiger partial charge >= 0.3 is 0 Å². The van der Waals surface area contributed by atoms with Gasteiger partial charge in [0, 0.05) is 24.7 Å². The van der Waals surface area contributed by atoms with Crippen molar-refractivity contribution >= 4 is 80.2 Å². The molecule has 2 aliphatic carbocycles. The monoisotopic (exact) mass is 876 g/mol. The minimum atomic E-state index is -0.785. The van der Waals surface area contributed by atoms with Crippen LogP contribution >= 0.6 is 45.2 Å². The lowest BCUT2D eigenvalue weighted by Gasteiger charge is -2.44. The molecule has 49 heavy (non-hydrogen) atoms. The Labute approximate surface area is 310 Å². The average Bonchev–Trinajstić information content (AvgIpc) is 3.51. The number of carbonyl (C=O) groups is 4. The van der Waals surface area contributed by atoms with E-state index in [1.807, 2.05) is 60.7 Å². The molecule has 6 atom stereocenters. The molecule has 1 N–H and O–H groups in total. The number of fused-ring (bicyclic) bond motifs is 4. The highest BCUT2D eigenvalue weighted by molar-refractivity contribution is 14.1. The molecular formula is C39H30I2N2O6. The van der Waals surface area contributed by atoms with E-state index in [1.165, 1.54) is 9.80 Å². The van der Waals surface area contributed by atoms with E-state index in [4.69, 9.17) is 4.74 Å². The van der Waals surface area contributed by atoms with Crippen LogP contribution in [-0.2, 0) is 25.8 Å². The number of imide groups is 2. The number of benzene rings is 4. The van der Waals surface area contributed by atoms with Crippen LogP contribution in [-0.4, -0.2) is 28.7 Å².